The van der Waals surface area contributed by atoms with Crippen molar-refractivity contribution in [3.63, 3.8) is 0 Å². The van der Waals surface area contributed by atoms with E-state index in [9.17, 15) is 13.6 Å². The molecule has 0 aromatic heterocycles. The van der Waals surface area contributed by atoms with Crippen molar-refractivity contribution >= 4 is 21.8 Å². The molecule has 1 fully saturated rings. The van der Waals surface area contributed by atoms with E-state index in [0.717, 1.165) is 6.42 Å². The molecule has 1 atom stereocenters. The fourth-order valence-electron chi connectivity index (χ4n) is 2.25. The molecule has 2 rings (SSSR count). The molecule has 0 bridgehead atoms. The van der Waals surface area contributed by atoms with Crippen molar-refractivity contribution in [1.29, 1.82) is 0 Å². The number of hydrogen-bond acceptors (Lipinski definition) is 2. The van der Waals surface area contributed by atoms with Gasteiger partial charge in [0.15, 0.2) is 0 Å². The molecule has 1 saturated heterocycles. The Hall–Kier alpha value is -1.01. The fourth-order valence-corrected chi connectivity index (χ4v) is 2.63. The number of carbonyl (C=O) groups excluding carboxylic acids is 1. The summed E-state index contributed by atoms with van der Waals surface area (Å²) in [4.78, 5) is 12.9. The molecule has 0 saturated carbocycles. The highest BCUT2D eigenvalue weighted by molar-refractivity contribution is 9.10. The summed E-state index contributed by atoms with van der Waals surface area (Å²) in [5.41, 5.74) is 5.24. The number of hydrogen-bond donors (Lipinski definition) is 1. The molecule has 1 aliphatic heterocycles. The maximum absolute atomic E-state index is 13.8. The summed E-state index contributed by atoms with van der Waals surface area (Å²) in [6.07, 6.45) is 1.46. The first kappa shape index (κ1) is 13.4. The standard InChI is InChI=1S/C12H13BrF2N2O/c13-8-3-4-9(14)7(11(8)15)6-17-5-1-2-10(17)12(16)18/h3-4,10H,1-2,5-6H2,(H2,16,18). The lowest BCUT2D eigenvalue weighted by Gasteiger charge is -2.22. The second-order valence-electron chi connectivity index (χ2n) is 4.35. The summed E-state index contributed by atoms with van der Waals surface area (Å²) in [5.74, 6) is -1.67. The van der Waals surface area contributed by atoms with Gasteiger partial charge in [0.1, 0.15) is 11.6 Å². The molecule has 0 radical (unpaired) electrons. The molecular formula is C12H13BrF2N2O. The average Bonchev–Trinajstić information content (AvgIpc) is 2.78. The SMILES string of the molecule is NC(=O)C1CCCN1Cc1c(F)ccc(Br)c1F. The Labute approximate surface area is 112 Å². The third-order valence-electron chi connectivity index (χ3n) is 3.19. The maximum Gasteiger partial charge on any atom is 0.234 e. The van der Waals surface area contributed by atoms with Crippen molar-refractivity contribution in [3.05, 3.63) is 33.8 Å². The van der Waals surface area contributed by atoms with E-state index in [1.807, 2.05) is 0 Å². The lowest BCUT2D eigenvalue weighted by atomic mass is 10.1. The number of benzene rings is 1. The smallest absolute Gasteiger partial charge is 0.234 e. The quantitative estimate of drug-likeness (QED) is 0.868. The van der Waals surface area contributed by atoms with Crippen LogP contribution in [0.25, 0.3) is 0 Å². The van der Waals surface area contributed by atoms with Crippen LogP contribution in [0.4, 0.5) is 8.78 Å². The van der Waals surface area contributed by atoms with E-state index in [0.29, 0.717) is 13.0 Å². The van der Waals surface area contributed by atoms with Crippen LogP contribution in [0.15, 0.2) is 16.6 Å². The van der Waals surface area contributed by atoms with E-state index in [2.05, 4.69) is 15.9 Å². The summed E-state index contributed by atoms with van der Waals surface area (Å²) < 4.78 is 27.6. The maximum atomic E-state index is 13.8. The van der Waals surface area contributed by atoms with Gasteiger partial charge in [0.25, 0.3) is 0 Å². The first-order chi connectivity index (χ1) is 8.50. The van der Waals surface area contributed by atoms with Crippen LogP contribution in [0.2, 0.25) is 0 Å². The average molecular weight is 319 g/mol. The summed E-state index contributed by atoms with van der Waals surface area (Å²) >= 11 is 3.02. The van der Waals surface area contributed by atoms with Gasteiger partial charge in [-0.1, -0.05) is 0 Å². The number of carbonyl (C=O) groups is 1. The van der Waals surface area contributed by atoms with E-state index in [4.69, 9.17) is 5.73 Å². The van der Waals surface area contributed by atoms with Crippen LogP contribution >= 0.6 is 15.9 Å². The fraction of sp³-hybridized carbons (Fsp3) is 0.417. The second-order valence-corrected chi connectivity index (χ2v) is 5.21. The molecule has 1 heterocycles. The van der Waals surface area contributed by atoms with Gasteiger partial charge in [0.2, 0.25) is 5.91 Å². The predicted molar refractivity (Wildman–Crippen MR) is 66.7 cm³/mol. The molecule has 0 spiro atoms. The Morgan fingerprint density at radius 1 is 1.50 bits per heavy atom. The molecule has 1 amide bonds. The molecular weight excluding hydrogens is 306 g/mol. The van der Waals surface area contributed by atoms with Gasteiger partial charge in [0, 0.05) is 12.1 Å². The molecule has 6 heteroatoms. The minimum absolute atomic E-state index is 0.0301. The Kier molecular flexibility index (Phi) is 3.97. The highest BCUT2D eigenvalue weighted by Gasteiger charge is 2.30. The molecule has 1 aromatic rings. The van der Waals surface area contributed by atoms with Crippen LogP contribution in [0.1, 0.15) is 18.4 Å². The van der Waals surface area contributed by atoms with E-state index in [1.54, 1.807) is 4.90 Å². The Morgan fingerprint density at radius 2 is 2.22 bits per heavy atom. The van der Waals surface area contributed by atoms with Crippen LogP contribution in [-0.4, -0.2) is 23.4 Å². The van der Waals surface area contributed by atoms with Gasteiger partial charge >= 0.3 is 0 Å². The Bertz CT molecular complexity index is 481. The third-order valence-corrected chi connectivity index (χ3v) is 3.80. The number of nitrogens with zero attached hydrogens (tertiary/aromatic N) is 1. The topological polar surface area (TPSA) is 46.3 Å². The summed E-state index contributed by atoms with van der Waals surface area (Å²) in [7, 11) is 0. The number of nitrogens with two attached hydrogens (primary N) is 1. The van der Waals surface area contributed by atoms with Crippen LogP contribution < -0.4 is 5.73 Å². The molecule has 3 nitrogen and oxygen atoms in total. The summed E-state index contributed by atoms with van der Waals surface area (Å²) in [5, 5.41) is 0. The first-order valence-electron chi connectivity index (χ1n) is 5.66. The molecule has 18 heavy (non-hydrogen) atoms. The minimum Gasteiger partial charge on any atom is -0.368 e. The third kappa shape index (κ3) is 2.54. The highest BCUT2D eigenvalue weighted by Crippen LogP contribution is 2.26. The number of halogens is 3. The predicted octanol–water partition coefficient (Wildman–Crippen LogP) is 2.18. The zero-order chi connectivity index (χ0) is 13.3. The largest absolute Gasteiger partial charge is 0.368 e. The van der Waals surface area contributed by atoms with Gasteiger partial charge in [-0.2, -0.15) is 0 Å². The second kappa shape index (κ2) is 5.32. The van der Waals surface area contributed by atoms with Crippen molar-refractivity contribution in [3.8, 4) is 0 Å². The van der Waals surface area contributed by atoms with E-state index < -0.39 is 23.6 Å². The van der Waals surface area contributed by atoms with Crippen LogP contribution in [0.3, 0.4) is 0 Å². The van der Waals surface area contributed by atoms with Gasteiger partial charge < -0.3 is 5.73 Å². The first-order valence-corrected chi connectivity index (χ1v) is 6.45. The molecule has 1 unspecified atom stereocenters. The minimum atomic E-state index is -0.620. The van der Waals surface area contributed by atoms with Gasteiger partial charge in [-0.25, -0.2) is 8.78 Å². The van der Waals surface area contributed by atoms with Gasteiger partial charge in [0.05, 0.1) is 10.5 Å². The van der Waals surface area contributed by atoms with Crippen molar-refractivity contribution in [1.82, 2.24) is 4.90 Å². The van der Waals surface area contributed by atoms with Gasteiger partial charge in [-0.3, -0.25) is 9.69 Å². The zero-order valence-electron chi connectivity index (χ0n) is 9.63. The summed E-state index contributed by atoms with van der Waals surface area (Å²) in [6.45, 7) is 0.684. The van der Waals surface area contributed by atoms with Crippen molar-refractivity contribution in [2.75, 3.05) is 6.54 Å². The highest BCUT2D eigenvalue weighted by atomic mass is 79.9. The summed E-state index contributed by atoms with van der Waals surface area (Å²) in [6, 6.07) is 2.10. The normalized spacial score (nSPS) is 20.3. The number of rotatable bonds is 3. The molecule has 0 aliphatic carbocycles. The van der Waals surface area contributed by atoms with Crippen LogP contribution in [-0.2, 0) is 11.3 Å². The van der Waals surface area contributed by atoms with E-state index >= 15 is 0 Å². The number of primary amides is 1. The van der Waals surface area contributed by atoms with Crippen LogP contribution in [0, 0.1) is 11.6 Å². The number of likely N-dealkylation sites (tertiary alicyclic amines) is 1. The van der Waals surface area contributed by atoms with Gasteiger partial charge in [-0.15, -0.1) is 0 Å². The van der Waals surface area contributed by atoms with Crippen molar-refractivity contribution in [2.45, 2.75) is 25.4 Å². The lowest BCUT2D eigenvalue weighted by molar-refractivity contribution is -0.122. The van der Waals surface area contributed by atoms with Crippen molar-refractivity contribution in [2.24, 2.45) is 5.73 Å². The van der Waals surface area contributed by atoms with E-state index in [-0.39, 0.29) is 16.6 Å². The van der Waals surface area contributed by atoms with E-state index in [1.165, 1.54) is 12.1 Å². The molecule has 1 aliphatic rings. The molecule has 98 valence electrons. The molecule has 1 aromatic carbocycles. The molecule has 2 N–H and O–H groups in total. The van der Waals surface area contributed by atoms with Crippen molar-refractivity contribution < 1.29 is 13.6 Å². The van der Waals surface area contributed by atoms with Crippen LogP contribution in [0.5, 0.6) is 0 Å². The zero-order valence-corrected chi connectivity index (χ0v) is 11.2. The monoisotopic (exact) mass is 318 g/mol. The Balaban J connectivity index is 2.24. The Morgan fingerprint density at radius 3 is 2.89 bits per heavy atom. The lowest BCUT2D eigenvalue weighted by Crippen LogP contribution is -2.40. The number of amides is 1. The van der Waals surface area contributed by atoms with Gasteiger partial charge in [-0.05, 0) is 47.4 Å².